The van der Waals surface area contributed by atoms with Crippen LogP contribution in [0.2, 0.25) is 0 Å². The van der Waals surface area contributed by atoms with Gasteiger partial charge in [-0.15, -0.1) is 0 Å². The van der Waals surface area contributed by atoms with Crippen molar-refractivity contribution in [3.63, 3.8) is 0 Å². The Morgan fingerprint density at radius 1 is 1.21 bits per heavy atom. The topological polar surface area (TPSA) is 68.5 Å². The molecule has 0 unspecified atom stereocenters. The number of methoxy groups -OCH3 is 2. The van der Waals surface area contributed by atoms with E-state index >= 15 is 0 Å². The third kappa shape index (κ3) is 4.98. The summed E-state index contributed by atoms with van der Waals surface area (Å²) in [6, 6.07) is 7.93. The minimum absolute atomic E-state index is 0.510. The Balaban J connectivity index is 1.47. The van der Waals surface area contributed by atoms with Crippen molar-refractivity contribution in [3.05, 3.63) is 47.4 Å². The molecule has 0 spiro atoms. The van der Waals surface area contributed by atoms with Gasteiger partial charge >= 0.3 is 0 Å². The summed E-state index contributed by atoms with van der Waals surface area (Å²) in [5, 5.41) is 3.43. The number of nitrogens with one attached hydrogen (secondary N) is 1. The molecule has 0 amide bonds. The summed E-state index contributed by atoms with van der Waals surface area (Å²) in [4.78, 5) is 6.70. The van der Waals surface area contributed by atoms with Crippen molar-refractivity contribution < 1.29 is 18.6 Å². The molecule has 1 aromatic carbocycles. The van der Waals surface area contributed by atoms with E-state index < -0.39 is 0 Å². The molecule has 0 fully saturated rings. The molecular formula is C21H29N3O4. The molecule has 3 rings (SSSR count). The standard InChI is InChI=1S/C21H29N3O4/c1-22-21(23-8-5-10-27-15-18-6-4-11-28-18)24-9-7-16-12-19(25-2)20(26-3)13-17(16)14-24/h4,6,11-13H,5,7-10,14-15H2,1-3H3,(H,22,23). The molecule has 1 N–H and O–H groups in total. The Kier molecular flexibility index (Phi) is 7.19. The monoisotopic (exact) mass is 387 g/mol. The van der Waals surface area contributed by atoms with Gasteiger partial charge in [0.15, 0.2) is 17.5 Å². The van der Waals surface area contributed by atoms with E-state index in [0.29, 0.717) is 13.2 Å². The molecule has 0 saturated carbocycles. The van der Waals surface area contributed by atoms with Crippen LogP contribution >= 0.6 is 0 Å². The zero-order valence-corrected chi connectivity index (χ0v) is 16.9. The van der Waals surface area contributed by atoms with Crippen LogP contribution in [0, 0.1) is 0 Å². The molecule has 2 heterocycles. The fourth-order valence-electron chi connectivity index (χ4n) is 3.34. The van der Waals surface area contributed by atoms with Crippen LogP contribution in [0.4, 0.5) is 0 Å². The van der Waals surface area contributed by atoms with Gasteiger partial charge in [-0.25, -0.2) is 0 Å². The van der Waals surface area contributed by atoms with Crippen LogP contribution in [0.1, 0.15) is 23.3 Å². The van der Waals surface area contributed by atoms with Crippen LogP contribution in [0.5, 0.6) is 11.5 Å². The predicted octanol–water partition coefficient (Wildman–Crippen LogP) is 2.84. The number of fused-ring (bicyclic) bond motifs is 1. The van der Waals surface area contributed by atoms with E-state index in [9.17, 15) is 0 Å². The third-order valence-electron chi connectivity index (χ3n) is 4.80. The first kappa shape index (κ1) is 20.1. The normalized spacial score (nSPS) is 14.0. The highest BCUT2D eigenvalue weighted by Gasteiger charge is 2.21. The van der Waals surface area contributed by atoms with Gasteiger partial charge in [0.1, 0.15) is 12.4 Å². The zero-order valence-electron chi connectivity index (χ0n) is 16.9. The SMILES string of the molecule is CN=C(NCCCOCc1ccco1)N1CCc2cc(OC)c(OC)cc2C1. The fourth-order valence-corrected chi connectivity index (χ4v) is 3.34. The number of guanidine groups is 1. The van der Waals surface area contributed by atoms with Crippen molar-refractivity contribution >= 4 is 5.96 Å². The van der Waals surface area contributed by atoms with Crippen molar-refractivity contribution in [2.75, 3.05) is 41.0 Å². The first-order valence-corrected chi connectivity index (χ1v) is 9.54. The van der Waals surface area contributed by atoms with Gasteiger partial charge in [-0.05, 0) is 48.2 Å². The molecule has 28 heavy (non-hydrogen) atoms. The number of hydrogen-bond acceptors (Lipinski definition) is 5. The maximum atomic E-state index is 5.62. The fraction of sp³-hybridized carbons (Fsp3) is 0.476. The lowest BCUT2D eigenvalue weighted by Gasteiger charge is -2.32. The second kappa shape index (κ2) is 10.0. The van der Waals surface area contributed by atoms with Gasteiger partial charge in [-0.2, -0.15) is 0 Å². The number of ether oxygens (including phenoxy) is 3. The minimum Gasteiger partial charge on any atom is -0.493 e. The quantitative estimate of drug-likeness (QED) is 0.427. The smallest absolute Gasteiger partial charge is 0.193 e. The zero-order chi connectivity index (χ0) is 19.8. The molecule has 0 aliphatic carbocycles. The second-order valence-electron chi connectivity index (χ2n) is 6.61. The van der Waals surface area contributed by atoms with Crippen molar-refractivity contribution in [2.45, 2.75) is 26.0 Å². The second-order valence-corrected chi connectivity index (χ2v) is 6.61. The first-order valence-electron chi connectivity index (χ1n) is 9.54. The van der Waals surface area contributed by atoms with Crippen LogP contribution in [0.3, 0.4) is 0 Å². The third-order valence-corrected chi connectivity index (χ3v) is 4.80. The van der Waals surface area contributed by atoms with Crippen molar-refractivity contribution in [2.24, 2.45) is 4.99 Å². The van der Waals surface area contributed by atoms with Crippen LogP contribution in [-0.2, 0) is 24.3 Å². The Bertz CT molecular complexity index is 774. The van der Waals surface area contributed by atoms with Gasteiger partial charge in [0, 0.05) is 33.3 Å². The van der Waals surface area contributed by atoms with E-state index in [1.54, 1.807) is 20.5 Å². The summed E-state index contributed by atoms with van der Waals surface area (Å²) < 4.78 is 21.7. The molecule has 2 aromatic rings. The van der Waals surface area contributed by atoms with Crippen LogP contribution < -0.4 is 14.8 Å². The molecule has 1 aliphatic rings. The van der Waals surface area contributed by atoms with E-state index in [0.717, 1.165) is 55.7 Å². The minimum atomic E-state index is 0.510. The lowest BCUT2D eigenvalue weighted by atomic mass is 9.99. The number of benzene rings is 1. The van der Waals surface area contributed by atoms with Crippen molar-refractivity contribution in [1.82, 2.24) is 10.2 Å². The van der Waals surface area contributed by atoms with Gasteiger partial charge < -0.3 is 28.8 Å². The van der Waals surface area contributed by atoms with Gasteiger partial charge in [0.25, 0.3) is 0 Å². The molecule has 0 saturated heterocycles. The van der Waals surface area contributed by atoms with E-state index in [1.165, 1.54) is 11.1 Å². The number of nitrogens with zero attached hydrogens (tertiary/aromatic N) is 2. The molecule has 7 nitrogen and oxygen atoms in total. The molecule has 0 bridgehead atoms. The Hall–Kier alpha value is -2.67. The summed E-state index contributed by atoms with van der Waals surface area (Å²) in [6.45, 7) is 3.70. The summed E-state index contributed by atoms with van der Waals surface area (Å²) in [5.74, 6) is 3.31. The maximum absolute atomic E-state index is 5.62. The summed E-state index contributed by atoms with van der Waals surface area (Å²) >= 11 is 0. The highest BCUT2D eigenvalue weighted by molar-refractivity contribution is 5.80. The number of rotatable bonds is 8. The van der Waals surface area contributed by atoms with Gasteiger partial charge in [-0.1, -0.05) is 0 Å². The van der Waals surface area contributed by atoms with E-state index in [-0.39, 0.29) is 0 Å². The molecule has 0 atom stereocenters. The first-order chi connectivity index (χ1) is 13.7. The van der Waals surface area contributed by atoms with E-state index in [2.05, 4.69) is 27.3 Å². The van der Waals surface area contributed by atoms with Crippen LogP contribution in [-0.4, -0.2) is 51.8 Å². The van der Waals surface area contributed by atoms with E-state index in [4.69, 9.17) is 18.6 Å². The molecule has 0 radical (unpaired) electrons. The average Bonchev–Trinajstić information content (AvgIpc) is 3.25. The largest absolute Gasteiger partial charge is 0.493 e. The maximum Gasteiger partial charge on any atom is 0.193 e. The van der Waals surface area contributed by atoms with E-state index in [1.807, 2.05) is 19.2 Å². The molecule has 1 aliphatic heterocycles. The Labute approximate surface area is 166 Å². The highest BCUT2D eigenvalue weighted by atomic mass is 16.5. The van der Waals surface area contributed by atoms with Gasteiger partial charge in [0.2, 0.25) is 0 Å². The summed E-state index contributed by atoms with van der Waals surface area (Å²) in [6.07, 6.45) is 3.50. The van der Waals surface area contributed by atoms with Gasteiger partial charge in [0.05, 0.1) is 20.5 Å². The van der Waals surface area contributed by atoms with Crippen molar-refractivity contribution in [1.29, 1.82) is 0 Å². The average molecular weight is 387 g/mol. The van der Waals surface area contributed by atoms with Gasteiger partial charge in [-0.3, -0.25) is 4.99 Å². The number of hydrogen-bond donors (Lipinski definition) is 1. The summed E-state index contributed by atoms with van der Waals surface area (Å²) in [7, 11) is 5.16. The molecule has 1 aromatic heterocycles. The van der Waals surface area contributed by atoms with Crippen LogP contribution in [0.15, 0.2) is 39.9 Å². The molecule has 152 valence electrons. The Morgan fingerprint density at radius 3 is 2.68 bits per heavy atom. The molecule has 7 heteroatoms. The van der Waals surface area contributed by atoms with Crippen molar-refractivity contribution in [3.8, 4) is 11.5 Å². The lowest BCUT2D eigenvalue weighted by molar-refractivity contribution is 0.104. The summed E-state index contributed by atoms with van der Waals surface area (Å²) in [5.41, 5.74) is 2.55. The number of aliphatic imine (C=N–C) groups is 1. The lowest BCUT2D eigenvalue weighted by Crippen LogP contribution is -2.44. The number of furan rings is 1. The predicted molar refractivity (Wildman–Crippen MR) is 108 cm³/mol. The molecular weight excluding hydrogens is 358 g/mol. The van der Waals surface area contributed by atoms with Crippen LogP contribution in [0.25, 0.3) is 0 Å². The highest BCUT2D eigenvalue weighted by Crippen LogP contribution is 2.33. The Morgan fingerprint density at radius 2 is 2.00 bits per heavy atom.